The maximum atomic E-state index is 4.25. The van der Waals surface area contributed by atoms with E-state index in [1.807, 2.05) is 12.5 Å². The molecule has 2 aromatic heterocycles. The molecule has 0 amide bonds. The first-order chi connectivity index (χ1) is 8.88. The molecule has 0 saturated carbocycles. The summed E-state index contributed by atoms with van der Waals surface area (Å²) in [7, 11) is 0. The lowest BCUT2D eigenvalue weighted by atomic mass is 10.2. The van der Waals surface area contributed by atoms with E-state index < -0.39 is 0 Å². The highest BCUT2D eigenvalue weighted by Crippen LogP contribution is 2.16. The topological polar surface area (TPSA) is 22.8 Å². The van der Waals surface area contributed by atoms with E-state index >= 15 is 0 Å². The summed E-state index contributed by atoms with van der Waals surface area (Å²) in [6.07, 6.45) is 7.17. The van der Waals surface area contributed by atoms with E-state index in [1.54, 1.807) is 0 Å². The van der Waals surface area contributed by atoms with Gasteiger partial charge in [0.2, 0.25) is 0 Å². The second-order valence-electron chi connectivity index (χ2n) is 4.58. The summed E-state index contributed by atoms with van der Waals surface area (Å²) in [5.41, 5.74) is 2.54. The van der Waals surface area contributed by atoms with Gasteiger partial charge < -0.3 is 9.13 Å². The summed E-state index contributed by atoms with van der Waals surface area (Å²) in [5, 5.41) is 1.29. The van der Waals surface area contributed by atoms with E-state index in [9.17, 15) is 0 Å². The van der Waals surface area contributed by atoms with Gasteiger partial charge in [-0.05, 0) is 23.9 Å². The highest BCUT2D eigenvalue weighted by molar-refractivity contribution is 5.79. The summed E-state index contributed by atoms with van der Waals surface area (Å²) in [5.74, 6) is 0. The molecule has 0 spiro atoms. The van der Waals surface area contributed by atoms with Gasteiger partial charge in [0, 0.05) is 24.5 Å². The van der Waals surface area contributed by atoms with E-state index in [1.165, 1.54) is 16.6 Å². The number of hydrogen-bond acceptors (Lipinski definition) is 1. The molecule has 3 nitrogen and oxygen atoms in total. The van der Waals surface area contributed by atoms with Crippen molar-refractivity contribution in [2.75, 3.05) is 0 Å². The number of aromatic nitrogens is 3. The highest BCUT2D eigenvalue weighted by atomic mass is 15.1. The molecule has 3 aromatic rings. The Hall–Kier alpha value is -2.03. The van der Waals surface area contributed by atoms with E-state index in [4.69, 9.17) is 0 Å². The maximum Gasteiger partial charge on any atom is 0.0948 e. The number of hydrogen-bond donors (Lipinski definition) is 0. The van der Waals surface area contributed by atoms with E-state index in [0.717, 1.165) is 19.5 Å². The molecule has 0 saturated heterocycles. The average Bonchev–Trinajstić information content (AvgIpc) is 2.99. The minimum absolute atomic E-state index is 0.882. The molecule has 0 atom stereocenters. The Morgan fingerprint density at radius 1 is 1.11 bits per heavy atom. The Labute approximate surface area is 107 Å². The van der Waals surface area contributed by atoms with E-state index in [-0.39, 0.29) is 0 Å². The smallest absolute Gasteiger partial charge is 0.0948 e. The van der Waals surface area contributed by atoms with Gasteiger partial charge in [0.05, 0.1) is 18.6 Å². The largest absolute Gasteiger partial charge is 0.341 e. The van der Waals surface area contributed by atoms with Crippen molar-refractivity contribution in [1.82, 2.24) is 14.1 Å². The number of rotatable bonds is 4. The van der Waals surface area contributed by atoms with Crippen molar-refractivity contribution < 1.29 is 0 Å². The van der Waals surface area contributed by atoms with Gasteiger partial charge in [0.1, 0.15) is 0 Å². The minimum Gasteiger partial charge on any atom is -0.341 e. The summed E-state index contributed by atoms with van der Waals surface area (Å²) < 4.78 is 4.51. The van der Waals surface area contributed by atoms with Gasteiger partial charge in [-0.2, -0.15) is 0 Å². The quantitative estimate of drug-likeness (QED) is 0.685. The molecule has 0 N–H and O–H groups in total. The molecule has 3 heteroatoms. The molecule has 0 radical (unpaired) electrons. The summed E-state index contributed by atoms with van der Waals surface area (Å²) in [4.78, 5) is 4.25. The molecule has 0 bridgehead atoms. The Balaban J connectivity index is 1.94. The van der Waals surface area contributed by atoms with Crippen molar-refractivity contribution in [2.45, 2.75) is 26.4 Å². The zero-order valence-electron chi connectivity index (χ0n) is 10.6. The summed E-state index contributed by atoms with van der Waals surface area (Å²) in [6.45, 7) is 4.11. The van der Waals surface area contributed by atoms with Gasteiger partial charge in [-0.15, -0.1) is 0 Å². The van der Waals surface area contributed by atoms with Gasteiger partial charge in [-0.1, -0.05) is 25.1 Å². The van der Waals surface area contributed by atoms with E-state index in [2.05, 4.69) is 57.6 Å². The van der Waals surface area contributed by atoms with Crippen molar-refractivity contribution in [3.05, 3.63) is 54.7 Å². The third-order valence-corrected chi connectivity index (χ3v) is 3.28. The first-order valence-electron chi connectivity index (χ1n) is 6.41. The molecule has 0 unspecified atom stereocenters. The number of para-hydroxylation sites is 1. The average molecular weight is 239 g/mol. The molecule has 0 aliphatic carbocycles. The monoisotopic (exact) mass is 239 g/mol. The lowest BCUT2D eigenvalue weighted by Crippen LogP contribution is -2.06. The van der Waals surface area contributed by atoms with Crippen LogP contribution in [0.25, 0.3) is 10.9 Å². The predicted octanol–water partition coefficient (Wildman–Crippen LogP) is 3.30. The van der Waals surface area contributed by atoms with Gasteiger partial charge in [-0.3, -0.25) is 0 Å². The first-order valence-corrected chi connectivity index (χ1v) is 6.41. The van der Waals surface area contributed by atoms with Gasteiger partial charge in [0.25, 0.3) is 0 Å². The number of aryl methyl sites for hydroxylation is 1. The van der Waals surface area contributed by atoms with Crippen LogP contribution in [0.2, 0.25) is 0 Å². The molecule has 1 aromatic carbocycles. The van der Waals surface area contributed by atoms with E-state index in [0.29, 0.717) is 0 Å². The Bertz CT molecular complexity index is 648. The molecule has 2 heterocycles. The van der Waals surface area contributed by atoms with Crippen molar-refractivity contribution >= 4 is 10.9 Å². The molecule has 0 aliphatic heterocycles. The van der Waals surface area contributed by atoms with Crippen LogP contribution in [0.4, 0.5) is 0 Å². The third-order valence-electron chi connectivity index (χ3n) is 3.28. The second kappa shape index (κ2) is 4.69. The third kappa shape index (κ3) is 1.92. The van der Waals surface area contributed by atoms with Crippen LogP contribution < -0.4 is 0 Å². The standard InChI is InChI=1S/C15H17N3/c1-2-8-18-12-16-10-14(18)11-17-9-7-13-5-3-4-6-15(13)17/h3-7,9-10,12H,2,8,11H2,1H3. The minimum atomic E-state index is 0.882. The maximum absolute atomic E-state index is 4.25. The number of nitrogens with zero attached hydrogens (tertiary/aromatic N) is 3. The lowest BCUT2D eigenvalue weighted by molar-refractivity contribution is 0.629. The molecular formula is C15H17N3. The number of benzene rings is 1. The van der Waals surface area contributed by atoms with Crippen LogP contribution in [-0.2, 0) is 13.1 Å². The van der Waals surface area contributed by atoms with Crippen molar-refractivity contribution in [2.24, 2.45) is 0 Å². The Morgan fingerprint density at radius 2 is 2.00 bits per heavy atom. The van der Waals surface area contributed by atoms with Crippen LogP contribution >= 0.6 is 0 Å². The van der Waals surface area contributed by atoms with Crippen LogP contribution in [0.1, 0.15) is 19.0 Å². The lowest BCUT2D eigenvalue weighted by Gasteiger charge is -2.08. The van der Waals surface area contributed by atoms with Gasteiger partial charge >= 0.3 is 0 Å². The summed E-state index contributed by atoms with van der Waals surface area (Å²) >= 11 is 0. The normalized spacial score (nSPS) is 11.2. The second-order valence-corrected chi connectivity index (χ2v) is 4.58. The van der Waals surface area contributed by atoms with Crippen LogP contribution in [0, 0.1) is 0 Å². The van der Waals surface area contributed by atoms with Crippen LogP contribution in [0.5, 0.6) is 0 Å². The number of imidazole rings is 1. The van der Waals surface area contributed by atoms with Gasteiger partial charge in [0.15, 0.2) is 0 Å². The fourth-order valence-corrected chi connectivity index (χ4v) is 2.38. The molecule has 0 fully saturated rings. The SMILES string of the molecule is CCCn1cncc1Cn1ccc2ccccc21. The predicted molar refractivity (Wildman–Crippen MR) is 73.6 cm³/mol. The van der Waals surface area contributed by atoms with Gasteiger partial charge in [-0.25, -0.2) is 4.98 Å². The fraction of sp³-hybridized carbons (Fsp3) is 0.267. The molecule has 18 heavy (non-hydrogen) atoms. The first kappa shape index (κ1) is 11.1. The number of fused-ring (bicyclic) bond motifs is 1. The van der Waals surface area contributed by atoms with Crippen molar-refractivity contribution in [1.29, 1.82) is 0 Å². The van der Waals surface area contributed by atoms with Crippen molar-refractivity contribution in [3.63, 3.8) is 0 Å². The summed E-state index contributed by atoms with van der Waals surface area (Å²) in [6, 6.07) is 10.6. The fourth-order valence-electron chi connectivity index (χ4n) is 2.38. The van der Waals surface area contributed by atoms with Crippen molar-refractivity contribution in [3.8, 4) is 0 Å². The molecule has 3 rings (SSSR count). The zero-order chi connectivity index (χ0) is 12.4. The Kier molecular flexibility index (Phi) is 2.89. The van der Waals surface area contributed by atoms with Crippen LogP contribution in [0.3, 0.4) is 0 Å². The molecular weight excluding hydrogens is 222 g/mol. The van der Waals surface area contributed by atoms with Crippen LogP contribution in [-0.4, -0.2) is 14.1 Å². The zero-order valence-corrected chi connectivity index (χ0v) is 10.6. The van der Waals surface area contributed by atoms with Crippen LogP contribution in [0.15, 0.2) is 49.1 Å². The Morgan fingerprint density at radius 3 is 2.89 bits per heavy atom. The molecule has 0 aliphatic rings. The molecule has 92 valence electrons. The highest BCUT2D eigenvalue weighted by Gasteiger charge is 2.04.